The summed E-state index contributed by atoms with van der Waals surface area (Å²) in [7, 11) is 0. The standard InChI is InChI=1S/C18H16F3N7.C2H6/c19-18(20,21)12-2-1-3-13-15(12)28(8-10-4-5-10)14(27-13)7-24-17-11(6-22)16(23)25-9-26-17;1-2/h1-3,9-10H,4-5,7-8H2,(H3,23,24,25,26);1-2H3. The normalized spacial score (nSPS) is 13.5. The first kappa shape index (κ1) is 21.4. The number of fused-ring (bicyclic) bond motifs is 1. The fourth-order valence-electron chi connectivity index (χ4n) is 3.16. The molecule has 0 radical (unpaired) electrons. The van der Waals surface area contributed by atoms with E-state index in [-0.39, 0.29) is 34.8 Å². The van der Waals surface area contributed by atoms with E-state index >= 15 is 0 Å². The molecule has 2 aromatic heterocycles. The van der Waals surface area contributed by atoms with Crippen LogP contribution in [0.4, 0.5) is 24.8 Å². The summed E-state index contributed by atoms with van der Waals surface area (Å²) >= 11 is 0. The summed E-state index contributed by atoms with van der Waals surface area (Å²) in [4.78, 5) is 12.2. The molecule has 7 nitrogen and oxygen atoms in total. The smallest absolute Gasteiger partial charge is 0.382 e. The highest BCUT2D eigenvalue weighted by Crippen LogP contribution is 2.38. The van der Waals surface area contributed by atoms with Crippen molar-refractivity contribution in [1.29, 1.82) is 5.26 Å². The van der Waals surface area contributed by atoms with Gasteiger partial charge in [0.05, 0.1) is 23.1 Å². The van der Waals surface area contributed by atoms with Crippen molar-refractivity contribution in [3.63, 3.8) is 0 Å². The Kier molecular flexibility index (Phi) is 6.10. The van der Waals surface area contributed by atoms with Crippen LogP contribution < -0.4 is 11.1 Å². The van der Waals surface area contributed by atoms with Crippen LogP contribution in [0.15, 0.2) is 24.5 Å². The van der Waals surface area contributed by atoms with Crippen molar-refractivity contribution in [2.75, 3.05) is 11.1 Å². The Labute approximate surface area is 171 Å². The van der Waals surface area contributed by atoms with Gasteiger partial charge in [-0.1, -0.05) is 19.9 Å². The largest absolute Gasteiger partial charge is 0.418 e. The molecule has 0 atom stereocenters. The van der Waals surface area contributed by atoms with Crippen LogP contribution in [0.3, 0.4) is 0 Å². The molecule has 3 N–H and O–H groups in total. The van der Waals surface area contributed by atoms with Crippen molar-refractivity contribution < 1.29 is 13.2 Å². The summed E-state index contributed by atoms with van der Waals surface area (Å²) in [6.45, 7) is 4.57. The number of aromatic nitrogens is 4. The third kappa shape index (κ3) is 4.30. The van der Waals surface area contributed by atoms with Gasteiger partial charge in [0.2, 0.25) is 0 Å². The number of para-hydroxylation sites is 1. The van der Waals surface area contributed by atoms with E-state index in [0.29, 0.717) is 18.3 Å². The Balaban J connectivity index is 0.00000124. The third-order valence-corrected chi connectivity index (χ3v) is 4.69. The number of hydrogen-bond acceptors (Lipinski definition) is 6. The number of halogens is 3. The van der Waals surface area contributed by atoms with Gasteiger partial charge in [0, 0.05) is 6.54 Å². The third-order valence-electron chi connectivity index (χ3n) is 4.69. The lowest BCUT2D eigenvalue weighted by Crippen LogP contribution is -2.14. The molecule has 158 valence electrons. The van der Waals surface area contributed by atoms with E-state index in [2.05, 4.69) is 20.3 Å². The number of imidazole rings is 1. The van der Waals surface area contributed by atoms with E-state index in [1.807, 2.05) is 19.9 Å². The Morgan fingerprint density at radius 2 is 2.00 bits per heavy atom. The van der Waals surface area contributed by atoms with Crippen molar-refractivity contribution >= 4 is 22.7 Å². The highest BCUT2D eigenvalue weighted by atomic mass is 19.4. The minimum absolute atomic E-state index is 0.0332. The SMILES string of the molecule is CC.N#Cc1c(N)ncnc1NCc1nc2cccc(C(F)(F)F)c2n1CC1CC1. The van der Waals surface area contributed by atoms with E-state index in [1.54, 1.807) is 10.6 Å². The van der Waals surface area contributed by atoms with Crippen LogP contribution in [0, 0.1) is 17.2 Å². The monoisotopic (exact) mass is 417 g/mol. The average molecular weight is 417 g/mol. The Morgan fingerprint density at radius 1 is 1.27 bits per heavy atom. The number of nitrogen functional groups attached to an aromatic ring is 1. The first-order valence-electron chi connectivity index (χ1n) is 9.68. The number of rotatable bonds is 5. The molecule has 1 saturated carbocycles. The van der Waals surface area contributed by atoms with Crippen molar-refractivity contribution in [2.24, 2.45) is 5.92 Å². The molecule has 10 heteroatoms. The fraction of sp³-hybridized carbons (Fsp3) is 0.400. The number of alkyl halides is 3. The molecule has 0 unspecified atom stereocenters. The maximum Gasteiger partial charge on any atom is 0.418 e. The molecule has 1 aliphatic carbocycles. The molecule has 3 aromatic rings. The van der Waals surface area contributed by atoms with Gasteiger partial charge in [0.25, 0.3) is 0 Å². The van der Waals surface area contributed by atoms with Crippen LogP contribution in [0.25, 0.3) is 11.0 Å². The molecule has 30 heavy (non-hydrogen) atoms. The average Bonchev–Trinajstić information content (AvgIpc) is 3.47. The highest BCUT2D eigenvalue weighted by Gasteiger charge is 2.35. The maximum atomic E-state index is 13.5. The molecule has 0 amide bonds. The lowest BCUT2D eigenvalue weighted by atomic mass is 10.1. The van der Waals surface area contributed by atoms with E-state index in [9.17, 15) is 18.4 Å². The quantitative estimate of drug-likeness (QED) is 0.639. The Morgan fingerprint density at radius 3 is 2.63 bits per heavy atom. The number of nitrogens with one attached hydrogen (secondary N) is 1. The fourth-order valence-corrected chi connectivity index (χ4v) is 3.16. The molecule has 2 heterocycles. The van der Waals surface area contributed by atoms with Crippen molar-refractivity contribution in [1.82, 2.24) is 19.5 Å². The van der Waals surface area contributed by atoms with Gasteiger partial charge in [-0.25, -0.2) is 15.0 Å². The van der Waals surface area contributed by atoms with Gasteiger partial charge in [0.15, 0.2) is 0 Å². The first-order valence-corrected chi connectivity index (χ1v) is 9.68. The predicted octanol–water partition coefficient (Wildman–Crippen LogP) is 4.35. The maximum absolute atomic E-state index is 13.5. The second-order valence-corrected chi connectivity index (χ2v) is 6.70. The summed E-state index contributed by atoms with van der Waals surface area (Å²) < 4.78 is 42.2. The van der Waals surface area contributed by atoms with Gasteiger partial charge < -0.3 is 15.6 Å². The minimum Gasteiger partial charge on any atom is -0.382 e. The Hall–Kier alpha value is -3.35. The second-order valence-electron chi connectivity index (χ2n) is 6.70. The predicted molar refractivity (Wildman–Crippen MR) is 107 cm³/mol. The minimum atomic E-state index is -4.47. The molecule has 0 bridgehead atoms. The van der Waals surface area contributed by atoms with Gasteiger partial charge in [-0.05, 0) is 30.9 Å². The lowest BCUT2D eigenvalue weighted by molar-refractivity contribution is -0.136. The first-order chi connectivity index (χ1) is 14.4. The summed E-state index contributed by atoms with van der Waals surface area (Å²) in [6, 6.07) is 5.92. The molecular weight excluding hydrogens is 395 g/mol. The molecule has 1 fully saturated rings. The van der Waals surface area contributed by atoms with E-state index < -0.39 is 11.7 Å². The second kappa shape index (κ2) is 8.57. The van der Waals surface area contributed by atoms with Crippen molar-refractivity contribution in [3.05, 3.63) is 41.5 Å². The number of benzene rings is 1. The molecule has 1 aromatic carbocycles. The van der Waals surface area contributed by atoms with E-state index in [4.69, 9.17) is 5.73 Å². The topological polar surface area (TPSA) is 105 Å². The number of nitrogens with zero attached hydrogens (tertiary/aromatic N) is 5. The highest BCUT2D eigenvalue weighted by molar-refractivity contribution is 5.80. The molecular formula is C20H22F3N7. The van der Waals surface area contributed by atoms with Gasteiger partial charge in [-0.3, -0.25) is 0 Å². The number of anilines is 2. The zero-order valence-electron chi connectivity index (χ0n) is 16.7. The van der Waals surface area contributed by atoms with Crippen molar-refractivity contribution in [3.8, 4) is 6.07 Å². The molecule has 0 saturated heterocycles. The number of hydrogen-bond donors (Lipinski definition) is 2. The summed E-state index contributed by atoms with van der Waals surface area (Å²) in [5.74, 6) is 1.04. The van der Waals surface area contributed by atoms with Crippen LogP contribution in [0.1, 0.15) is 43.6 Å². The van der Waals surface area contributed by atoms with E-state index in [1.165, 1.54) is 12.4 Å². The zero-order valence-corrected chi connectivity index (χ0v) is 16.7. The molecule has 0 aliphatic heterocycles. The van der Waals surface area contributed by atoms with Gasteiger partial charge in [-0.15, -0.1) is 0 Å². The molecule has 4 rings (SSSR count). The summed E-state index contributed by atoms with van der Waals surface area (Å²) in [5.41, 5.74) is 5.43. The number of nitrogens with two attached hydrogens (primary N) is 1. The van der Waals surface area contributed by atoms with E-state index in [0.717, 1.165) is 18.9 Å². The van der Waals surface area contributed by atoms with Gasteiger partial charge >= 0.3 is 6.18 Å². The van der Waals surface area contributed by atoms with Crippen LogP contribution in [0.2, 0.25) is 0 Å². The van der Waals surface area contributed by atoms with Crippen LogP contribution in [-0.2, 0) is 19.3 Å². The number of nitriles is 1. The van der Waals surface area contributed by atoms with Crippen LogP contribution in [0.5, 0.6) is 0 Å². The summed E-state index contributed by atoms with van der Waals surface area (Å²) in [6.07, 6.45) is -1.28. The summed E-state index contributed by atoms with van der Waals surface area (Å²) in [5, 5.41) is 12.2. The molecule has 0 spiro atoms. The van der Waals surface area contributed by atoms with Gasteiger partial charge in [-0.2, -0.15) is 18.4 Å². The zero-order chi connectivity index (χ0) is 21.9. The molecule has 1 aliphatic rings. The van der Waals surface area contributed by atoms with Crippen molar-refractivity contribution in [2.45, 2.75) is 46.0 Å². The Bertz CT molecular complexity index is 1080. The van der Waals surface area contributed by atoms with Gasteiger partial charge in [0.1, 0.15) is 35.4 Å². The van der Waals surface area contributed by atoms with Crippen LogP contribution >= 0.6 is 0 Å². The van der Waals surface area contributed by atoms with Crippen LogP contribution in [-0.4, -0.2) is 19.5 Å². The lowest BCUT2D eigenvalue weighted by Gasteiger charge is -2.14.